The summed E-state index contributed by atoms with van der Waals surface area (Å²) < 4.78 is 1.58. The van der Waals surface area contributed by atoms with Crippen molar-refractivity contribution in [1.82, 2.24) is 14.3 Å². The van der Waals surface area contributed by atoms with Gasteiger partial charge >= 0.3 is 5.97 Å². The fourth-order valence-corrected chi connectivity index (χ4v) is 3.44. The van der Waals surface area contributed by atoms with Gasteiger partial charge in [-0.05, 0) is 36.9 Å². The van der Waals surface area contributed by atoms with Crippen LogP contribution < -0.4 is 10.2 Å². The Morgan fingerprint density at radius 3 is 2.56 bits per heavy atom. The number of carboxylic acids is 1. The molecule has 1 aromatic carbocycles. The maximum Gasteiger partial charge on any atom is 0.355 e. The van der Waals surface area contributed by atoms with E-state index in [0.29, 0.717) is 17.9 Å². The SMILES string of the molecule is CN1CCN(c2ccc(CNc3ccc4nccn4c3C(=O)O)cc2)CC1. The van der Waals surface area contributed by atoms with Crippen LogP contribution in [-0.2, 0) is 6.54 Å². The van der Waals surface area contributed by atoms with Gasteiger partial charge in [0.15, 0.2) is 5.69 Å². The highest BCUT2D eigenvalue weighted by molar-refractivity contribution is 5.93. The number of carboxylic acid groups (broad SMARTS) is 1. The number of imidazole rings is 1. The molecule has 4 rings (SSSR count). The largest absolute Gasteiger partial charge is 0.476 e. The maximum absolute atomic E-state index is 11.7. The van der Waals surface area contributed by atoms with E-state index in [2.05, 4.69) is 51.4 Å². The Hall–Kier alpha value is -3.06. The third kappa shape index (κ3) is 3.59. The molecule has 0 amide bonds. The van der Waals surface area contributed by atoms with Crippen molar-refractivity contribution in [2.24, 2.45) is 0 Å². The number of hydrogen-bond acceptors (Lipinski definition) is 5. The molecule has 3 heterocycles. The van der Waals surface area contributed by atoms with Gasteiger partial charge in [-0.1, -0.05) is 12.1 Å². The lowest BCUT2D eigenvalue weighted by Gasteiger charge is -2.34. The molecule has 0 spiro atoms. The second-order valence-corrected chi connectivity index (χ2v) is 6.87. The lowest BCUT2D eigenvalue weighted by Crippen LogP contribution is -2.44. The lowest BCUT2D eigenvalue weighted by molar-refractivity contribution is 0.0690. The number of aromatic nitrogens is 2. The van der Waals surface area contributed by atoms with Gasteiger partial charge in [-0.25, -0.2) is 9.78 Å². The van der Waals surface area contributed by atoms with E-state index < -0.39 is 5.97 Å². The molecule has 27 heavy (non-hydrogen) atoms. The molecule has 1 aliphatic heterocycles. The highest BCUT2D eigenvalue weighted by Gasteiger charge is 2.16. The zero-order valence-electron chi connectivity index (χ0n) is 15.3. The average molecular weight is 365 g/mol. The molecule has 0 aliphatic carbocycles. The number of nitrogens with zero attached hydrogens (tertiary/aromatic N) is 4. The Bertz CT molecular complexity index is 943. The standard InChI is InChI=1S/C20H23N5O2/c1-23-10-12-24(13-11-23)16-4-2-15(3-5-16)14-22-17-6-7-18-21-8-9-25(18)19(17)20(26)27/h2-9,22H,10-14H2,1H3,(H,26,27). The summed E-state index contributed by atoms with van der Waals surface area (Å²) in [5, 5.41) is 12.8. The fraction of sp³-hybridized carbons (Fsp3) is 0.300. The topological polar surface area (TPSA) is 73.1 Å². The van der Waals surface area contributed by atoms with Gasteiger partial charge in [0.2, 0.25) is 0 Å². The van der Waals surface area contributed by atoms with E-state index in [9.17, 15) is 9.90 Å². The van der Waals surface area contributed by atoms with E-state index in [1.165, 1.54) is 5.69 Å². The first-order chi connectivity index (χ1) is 13.1. The van der Waals surface area contributed by atoms with Crippen molar-refractivity contribution in [3.05, 3.63) is 60.0 Å². The van der Waals surface area contributed by atoms with Crippen LogP contribution in [0.3, 0.4) is 0 Å². The number of piperazine rings is 1. The van der Waals surface area contributed by atoms with E-state index in [0.717, 1.165) is 31.7 Å². The molecule has 140 valence electrons. The van der Waals surface area contributed by atoms with Crippen LogP contribution in [0.15, 0.2) is 48.8 Å². The molecule has 1 aliphatic rings. The van der Waals surface area contributed by atoms with Gasteiger partial charge in [-0.3, -0.25) is 4.40 Å². The van der Waals surface area contributed by atoms with Crippen molar-refractivity contribution < 1.29 is 9.90 Å². The number of aromatic carboxylic acids is 1. The van der Waals surface area contributed by atoms with Crippen LogP contribution in [0.25, 0.3) is 5.65 Å². The number of nitrogens with one attached hydrogen (secondary N) is 1. The van der Waals surface area contributed by atoms with E-state index in [1.807, 2.05) is 6.07 Å². The van der Waals surface area contributed by atoms with Gasteiger partial charge in [0.1, 0.15) is 5.65 Å². The molecule has 0 saturated carbocycles. The molecule has 0 atom stereocenters. The summed E-state index contributed by atoms with van der Waals surface area (Å²) in [5.41, 5.74) is 3.73. The van der Waals surface area contributed by atoms with Crippen molar-refractivity contribution >= 4 is 23.0 Å². The van der Waals surface area contributed by atoms with Crippen molar-refractivity contribution in [3.8, 4) is 0 Å². The van der Waals surface area contributed by atoms with Crippen molar-refractivity contribution in [1.29, 1.82) is 0 Å². The second-order valence-electron chi connectivity index (χ2n) is 6.87. The minimum absolute atomic E-state index is 0.194. The quantitative estimate of drug-likeness (QED) is 0.723. The minimum atomic E-state index is -0.980. The molecule has 1 saturated heterocycles. The number of anilines is 2. The predicted octanol–water partition coefficient (Wildman–Crippen LogP) is 2.40. The predicted molar refractivity (Wildman–Crippen MR) is 106 cm³/mol. The monoisotopic (exact) mass is 365 g/mol. The zero-order valence-corrected chi connectivity index (χ0v) is 15.3. The van der Waals surface area contributed by atoms with Gasteiger partial charge in [0.05, 0.1) is 5.69 Å². The highest BCUT2D eigenvalue weighted by atomic mass is 16.4. The fourth-order valence-electron chi connectivity index (χ4n) is 3.44. The smallest absolute Gasteiger partial charge is 0.355 e. The first-order valence-electron chi connectivity index (χ1n) is 9.07. The zero-order chi connectivity index (χ0) is 18.8. The van der Waals surface area contributed by atoms with Crippen molar-refractivity contribution in [3.63, 3.8) is 0 Å². The Morgan fingerprint density at radius 1 is 1.11 bits per heavy atom. The highest BCUT2D eigenvalue weighted by Crippen LogP contribution is 2.21. The summed E-state index contributed by atoms with van der Waals surface area (Å²) in [4.78, 5) is 20.6. The van der Waals surface area contributed by atoms with Crippen LogP contribution >= 0.6 is 0 Å². The van der Waals surface area contributed by atoms with Gasteiger partial charge < -0.3 is 20.2 Å². The normalized spacial score (nSPS) is 15.2. The number of hydrogen-bond donors (Lipinski definition) is 2. The molecule has 0 bridgehead atoms. The van der Waals surface area contributed by atoms with Crippen LogP contribution in [0.2, 0.25) is 0 Å². The number of pyridine rings is 1. The lowest BCUT2D eigenvalue weighted by atomic mass is 10.1. The van der Waals surface area contributed by atoms with Crippen LogP contribution in [-0.4, -0.2) is 58.6 Å². The third-order valence-electron chi connectivity index (χ3n) is 5.05. The van der Waals surface area contributed by atoms with Crippen LogP contribution in [0, 0.1) is 0 Å². The van der Waals surface area contributed by atoms with E-state index in [-0.39, 0.29) is 5.69 Å². The van der Waals surface area contributed by atoms with Crippen LogP contribution in [0.5, 0.6) is 0 Å². The van der Waals surface area contributed by atoms with Gasteiger partial charge in [0.25, 0.3) is 0 Å². The van der Waals surface area contributed by atoms with Gasteiger partial charge in [0, 0.05) is 50.8 Å². The molecular weight excluding hydrogens is 342 g/mol. The summed E-state index contributed by atoms with van der Waals surface area (Å²) >= 11 is 0. The molecule has 0 radical (unpaired) electrons. The van der Waals surface area contributed by atoms with Gasteiger partial charge in [-0.2, -0.15) is 0 Å². The molecule has 2 N–H and O–H groups in total. The van der Waals surface area contributed by atoms with E-state index in [4.69, 9.17) is 0 Å². The molecular formula is C20H23N5O2. The Balaban J connectivity index is 1.47. The van der Waals surface area contributed by atoms with E-state index in [1.54, 1.807) is 22.9 Å². The first-order valence-corrected chi connectivity index (χ1v) is 9.07. The molecule has 7 heteroatoms. The van der Waals surface area contributed by atoms with Gasteiger partial charge in [-0.15, -0.1) is 0 Å². The summed E-state index contributed by atoms with van der Waals surface area (Å²) in [6, 6.07) is 12.0. The number of carbonyl (C=O) groups is 1. The summed E-state index contributed by atoms with van der Waals surface area (Å²) in [6.45, 7) is 4.81. The number of benzene rings is 1. The molecule has 7 nitrogen and oxygen atoms in total. The minimum Gasteiger partial charge on any atom is -0.476 e. The Morgan fingerprint density at radius 2 is 1.85 bits per heavy atom. The van der Waals surface area contributed by atoms with E-state index >= 15 is 0 Å². The van der Waals surface area contributed by atoms with Crippen LogP contribution in [0.4, 0.5) is 11.4 Å². The maximum atomic E-state index is 11.7. The second kappa shape index (κ2) is 7.28. The molecule has 2 aromatic heterocycles. The molecule has 1 fully saturated rings. The number of rotatable bonds is 5. The summed E-state index contributed by atoms with van der Waals surface area (Å²) in [5.74, 6) is -0.980. The average Bonchev–Trinajstić information content (AvgIpc) is 3.15. The molecule has 0 unspecified atom stereocenters. The van der Waals surface area contributed by atoms with Crippen LogP contribution in [0.1, 0.15) is 16.1 Å². The Labute approximate surface area is 157 Å². The third-order valence-corrected chi connectivity index (χ3v) is 5.05. The van der Waals surface area contributed by atoms with Crippen molar-refractivity contribution in [2.45, 2.75) is 6.54 Å². The van der Waals surface area contributed by atoms with Crippen molar-refractivity contribution in [2.75, 3.05) is 43.4 Å². The summed E-state index contributed by atoms with van der Waals surface area (Å²) in [7, 11) is 2.15. The number of fused-ring (bicyclic) bond motifs is 1. The summed E-state index contributed by atoms with van der Waals surface area (Å²) in [6.07, 6.45) is 3.26. The Kier molecular flexibility index (Phi) is 4.68. The first kappa shape index (κ1) is 17.4. The molecule has 3 aromatic rings. The number of likely N-dealkylation sites (N-methyl/N-ethyl adjacent to an activating group) is 1.